The van der Waals surface area contributed by atoms with Crippen LogP contribution < -0.4 is 5.32 Å². The maximum Gasteiger partial charge on any atom is 0.265 e. The quantitative estimate of drug-likeness (QED) is 0.686. The van der Waals surface area contributed by atoms with Crippen LogP contribution in [0.15, 0.2) is 42.6 Å². The van der Waals surface area contributed by atoms with E-state index in [0.29, 0.717) is 33.3 Å². The lowest BCUT2D eigenvalue weighted by molar-refractivity contribution is 0.0789. The summed E-state index contributed by atoms with van der Waals surface area (Å²) in [6.07, 6.45) is 1.56. The van der Waals surface area contributed by atoms with E-state index < -0.39 is 0 Å². The highest BCUT2D eigenvalue weighted by Crippen LogP contribution is 2.24. The number of thiazole rings is 1. The minimum Gasteiger partial charge on any atom is -0.337 e. The van der Waals surface area contributed by atoms with E-state index in [0.717, 1.165) is 5.56 Å². The number of nitrogens with zero attached hydrogens (tertiary/aromatic N) is 4. The molecule has 1 aromatic carbocycles. The summed E-state index contributed by atoms with van der Waals surface area (Å²) in [7, 11) is 1.77. The molecule has 8 heteroatoms. The third-order valence-corrected chi connectivity index (χ3v) is 4.46. The predicted octanol–water partition coefficient (Wildman–Crippen LogP) is 3.91. The highest BCUT2D eigenvalue weighted by molar-refractivity contribution is 7.17. The molecular formula is C17H16ClN5OS. The van der Waals surface area contributed by atoms with Gasteiger partial charge < -0.3 is 10.2 Å². The second-order valence-electron chi connectivity index (χ2n) is 5.42. The van der Waals surface area contributed by atoms with E-state index >= 15 is 0 Å². The Kier molecular flexibility index (Phi) is 5.25. The fourth-order valence-corrected chi connectivity index (χ4v) is 3.30. The zero-order valence-electron chi connectivity index (χ0n) is 13.7. The molecule has 0 spiro atoms. The van der Waals surface area contributed by atoms with Gasteiger partial charge in [0, 0.05) is 19.7 Å². The molecule has 0 fully saturated rings. The first kappa shape index (κ1) is 17.3. The monoisotopic (exact) mass is 373 g/mol. The summed E-state index contributed by atoms with van der Waals surface area (Å²) in [5.74, 6) is 1.03. The number of hydrogen-bond donors (Lipinski definition) is 1. The molecule has 0 aliphatic heterocycles. The lowest BCUT2D eigenvalue weighted by atomic mass is 10.2. The number of aromatic nitrogens is 3. The Bertz CT molecular complexity index is 864. The number of nitrogens with one attached hydrogen (secondary N) is 1. The topological polar surface area (TPSA) is 71.0 Å². The van der Waals surface area contributed by atoms with Crippen molar-refractivity contribution in [3.8, 4) is 0 Å². The van der Waals surface area contributed by atoms with Crippen molar-refractivity contribution in [2.45, 2.75) is 13.5 Å². The van der Waals surface area contributed by atoms with Gasteiger partial charge in [-0.3, -0.25) is 4.79 Å². The standard InChI is InChI=1S/C17H16ClN5OS/c1-11-20-14(18)8-15(21-11)22-17-19-9-13(25-17)16(24)23(2)10-12-6-4-3-5-7-12/h3-9H,10H2,1-2H3,(H,19,20,21,22). The maximum absolute atomic E-state index is 12.5. The Hall–Kier alpha value is -2.51. The zero-order valence-corrected chi connectivity index (χ0v) is 15.3. The summed E-state index contributed by atoms with van der Waals surface area (Å²) in [6.45, 7) is 2.30. The van der Waals surface area contributed by atoms with Gasteiger partial charge in [0.15, 0.2) is 5.13 Å². The number of benzene rings is 1. The molecule has 0 unspecified atom stereocenters. The van der Waals surface area contributed by atoms with Gasteiger partial charge in [-0.1, -0.05) is 53.3 Å². The Labute approximate surface area is 154 Å². The first-order chi connectivity index (χ1) is 12.0. The van der Waals surface area contributed by atoms with E-state index in [1.807, 2.05) is 30.3 Å². The van der Waals surface area contributed by atoms with E-state index in [4.69, 9.17) is 11.6 Å². The third-order valence-electron chi connectivity index (χ3n) is 3.37. The SMILES string of the molecule is Cc1nc(Cl)cc(Nc2ncc(C(=O)N(C)Cc3ccccc3)s2)n1. The van der Waals surface area contributed by atoms with Gasteiger partial charge in [-0.2, -0.15) is 0 Å². The largest absolute Gasteiger partial charge is 0.337 e. The number of carbonyl (C=O) groups is 1. The fraction of sp³-hybridized carbons (Fsp3) is 0.176. The molecule has 0 saturated carbocycles. The molecule has 6 nitrogen and oxygen atoms in total. The van der Waals surface area contributed by atoms with Gasteiger partial charge in [-0.15, -0.1) is 0 Å². The molecule has 0 radical (unpaired) electrons. The van der Waals surface area contributed by atoms with Crippen LogP contribution in [0.4, 0.5) is 10.9 Å². The van der Waals surface area contributed by atoms with Crippen molar-refractivity contribution < 1.29 is 4.79 Å². The molecule has 128 valence electrons. The summed E-state index contributed by atoms with van der Waals surface area (Å²) >= 11 is 7.19. The van der Waals surface area contributed by atoms with Crippen LogP contribution in [0.25, 0.3) is 0 Å². The highest BCUT2D eigenvalue weighted by atomic mass is 35.5. The molecule has 0 aliphatic carbocycles. The molecule has 0 aliphatic rings. The first-order valence-electron chi connectivity index (χ1n) is 7.54. The smallest absolute Gasteiger partial charge is 0.265 e. The molecule has 3 aromatic rings. The zero-order chi connectivity index (χ0) is 17.8. The van der Waals surface area contributed by atoms with E-state index in [1.165, 1.54) is 11.3 Å². The van der Waals surface area contributed by atoms with Crippen LogP contribution in [0.2, 0.25) is 5.15 Å². The van der Waals surface area contributed by atoms with E-state index in [-0.39, 0.29) is 5.91 Å². The molecule has 2 heterocycles. The molecular weight excluding hydrogens is 358 g/mol. The number of carbonyl (C=O) groups excluding carboxylic acids is 1. The van der Waals surface area contributed by atoms with Crippen molar-refractivity contribution >= 4 is 39.8 Å². The van der Waals surface area contributed by atoms with Crippen LogP contribution >= 0.6 is 22.9 Å². The van der Waals surface area contributed by atoms with Crippen LogP contribution in [0, 0.1) is 6.92 Å². The van der Waals surface area contributed by atoms with Crippen molar-refractivity contribution in [1.82, 2.24) is 19.9 Å². The third kappa shape index (κ3) is 4.52. The van der Waals surface area contributed by atoms with E-state index in [9.17, 15) is 4.79 Å². The van der Waals surface area contributed by atoms with Gasteiger partial charge in [0.1, 0.15) is 21.7 Å². The Morgan fingerprint density at radius 3 is 2.76 bits per heavy atom. The maximum atomic E-state index is 12.5. The van der Waals surface area contributed by atoms with Gasteiger partial charge >= 0.3 is 0 Å². The Morgan fingerprint density at radius 1 is 1.28 bits per heavy atom. The molecule has 25 heavy (non-hydrogen) atoms. The number of aryl methyl sites for hydroxylation is 1. The Morgan fingerprint density at radius 2 is 2.04 bits per heavy atom. The number of anilines is 2. The van der Waals surface area contributed by atoms with Gasteiger partial charge in [-0.25, -0.2) is 15.0 Å². The van der Waals surface area contributed by atoms with Crippen molar-refractivity contribution in [2.75, 3.05) is 12.4 Å². The molecule has 0 atom stereocenters. The first-order valence-corrected chi connectivity index (χ1v) is 8.74. The van der Waals surface area contributed by atoms with Crippen molar-refractivity contribution in [3.63, 3.8) is 0 Å². The molecule has 3 rings (SSSR count). The number of halogens is 1. The van der Waals surface area contributed by atoms with E-state index in [1.54, 1.807) is 31.1 Å². The van der Waals surface area contributed by atoms with Crippen LogP contribution in [0.3, 0.4) is 0 Å². The average molecular weight is 374 g/mol. The summed E-state index contributed by atoms with van der Waals surface area (Å²) in [4.78, 5) is 27.2. The minimum atomic E-state index is -0.0775. The lowest BCUT2D eigenvalue weighted by Gasteiger charge is -2.15. The molecule has 0 bridgehead atoms. The number of hydrogen-bond acceptors (Lipinski definition) is 6. The summed E-state index contributed by atoms with van der Waals surface area (Å²) < 4.78 is 0. The summed E-state index contributed by atoms with van der Waals surface area (Å²) in [5, 5.41) is 3.98. The molecule has 2 aromatic heterocycles. The molecule has 1 N–H and O–H groups in total. The molecule has 1 amide bonds. The fourth-order valence-electron chi connectivity index (χ4n) is 2.25. The highest BCUT2D eigenvalue weighted by Gasteiger charge is 2.16. The van der Waals surface area contributed by atoms with Crippen molar-refractivity contribution in [1.29, 1.82) is 0 Å². The number of amides is 1. The molecule has 0 saturated heterocycles. The second kappa shape index (κ2) is 7.58. The van der Waals surface area contributed by atoms with Gasteiger partial charge in [-0.05, 0) is 12.5 Å². The normalized spacial score (nSPS) is 10.5. The second-order valence-corrected chi connectivity index (χ2v) is 6.84. The van der Waals surface area contributed by atoms with Crippen LogP contribution in [0.5, 0.6) is 0 Å². The summed E-state index contributed by atoms with van der Waals surface area (Å²) in [5.41, 5.74) is 1.08. The van der Waals surface area contributed by atoms with Gasteiger partial charge in [0.05, 0.1) is 6.20 Å². The van der Waals surface area contributed by atoms with Crippen LogP contribution in [-0.2, 0) is 6.54 Å². The van der Waals surface area contributed by atoms with Crippen molar-refractivity contribution in [2.24, 2.45) is 0 Å². The average Bonchev–Trinajstić information content (AvgIpc) is 3.02. The van der Waals surface area contributed by atoms with Crippen LogP contribution in [0.1, 0.15) is 21.1 Å². The van der Waals surface area contributed by atoms with Gasteiger partial charge in [0.25, 0.3) is 5.91 Å². The summed E-state index contributed by atoms with van der Waals surface area (Å²) in [6, 6.07) is 11.5. The Balaban J connectivity index is 1.68. The minimum absolute atomic E-state index is 0.0775. The lowest BCUT2D eigenvalue weighted by Crippen LogP contribution is -2.25. The van der Waals surface area contributed by atoms with Gasteiger partial charge in [0.2, 0.25) is 0 Å². The predicted molar refractivity (Wildman–Crippen MR) is 99.4 cm³/mol. The number of rotatable bonds is 5. The van der Waals surface area contributed by atoms with Crippen molar-refractivity contribution in [3.05, 3.63) is 64.0 Å². The van der Waals surface area contributed by atoms with Crippen LogP contribution in [-0.4, -0.2) is 32.8 Å². The van der Waals surface area contributed by atoms with E-state index in [2.05, 4.69) is 20.3 Å².